The molecule has 0 bridgehead atoms. The second-order valence-electron chi connectivity index (χ2n) is 6.73. The molecule has 4 rings (SSSR count). The van der Waals surface area contributed by atoms with Crippen molar-refractivity contribution in [2.24, 2.45) is 0 Å². The highest BCUT2D eigenvalue weighted by atomic mass is 16.1. The van der Waals surface area contributed by atoms with Gasteiger partial charge in [-0.15, -0.1) is 0 Å². The molecule has 3 aromatic heterocycles. The highest BCUT2D eigenvalue weighted by molar-refractivity contribution is 5.81. The number of rotatable bonds is 2. The molecule has 27 heavy (non-hydrogen) atoms. The number of hydrogen-bond acceptors (Lipinski definition) is 4. The van der Waals surface area contributed by atoms with Crippen LogP contribution in [0.4, 0.5) is 0 Å². The molecule has 7 nitrogen and oxygen atoms in total. The van der Waals surface area contributed by atoms with Gasteiger partial charge in [0.2, 0.25) is 0 Å². The van der Waals surface area contributed by atoms with E-state index in [0.29, 0.717) is 16.6 Å². The van der Waals surface area contributed by atoms with Crippen molar-refractivity contribution in [2.45, 2.75) is 27.7 Å². The minimum absolute atomic E-state index is 0.208. The zero-order valence-electron chi connectivity index (χ0n) is 15.6. The summed E-state index contributed by atoms with van der Waals surface area (Å²) in [6.45, 7) is 7.42. The molecule has 0 unspecified atom stereocenters. The predicted molar refractivity (Wildman–Crippen MR) is 104 cm³/mol. The summed E-state index contributed by atoms with van der Waals surface area (Å²) < 4.78 is 2.84. The fourth-order valence-electron chi connectivity index (χ4n) is 3.41. The van der Waals surface area contributed by atoms with Crippen LogP contribution < -0.4 is 11.1 Å². The topological polar surface area (TPSA) is 85.6 Å². The van der Waals surface area contributed by atoms with Gasteiger partial charge in [-0.1, -0.05) is 12.1 Å². The van der Waals surface area contributed by atoms with Crippen LogP contribution in [-0.2, 0) is 0 Å². The first-order valence-electron chi connectivity index (χ1n) is 8.62. The number of benzene rings is 1. The van der Waals surface area contributed by atoms with E-state index in [2.05, 4.69) is 15.1 Å². The Morgan fingerprint density at radius 2 is 1.63 bits per heavy atom. The van der Waals surface area contributed by atoms with E-state index in [-0.39, 0.29) is 17.1 Å². The molecule has 0 aliphatic carbocycles. The Labute approximate surface area is 154 Å². The van der Waals surface area contributed by atoms with Gasteiger partial charge in [-0.25, -0.2) is 9.97 Å². The number of fused-ring (bicyclic) bond motifs is 1. The Balaban J connectivity index is 2.03. The number of pyridine rings is 1. The number of nitrogens with one attached hydrogen (secondary N) is 1. The summed E-state index contributed by atoms with van der Waals surface area (Å²) in [4.78, 5) is 34.5. The largest absolute Gasteiger partial charge is 0.287 e. The lowest BCUT2D eigenvalue weighted by molar-refractivity contribution is 0.780. The standard InChI is InChI=1S/C20H19N5O2/c1-11-6-5-7-15(8-11)24-14(4)18-16(10-17(24)26)23-25(19(18)27)20-21-12(2)9-13(3)22-20/h5-10,23H,1-4H3. The van der Waals surface area contributed by atoms with Gasteiger partial charge in [0.25, 0.3) is 17.1 Å². The molecule has 0 aliphatic heterocycles. The smallest absolute Gasteiger partial charge is 0.283 e. The summed E-state index contributed by atoms with van der Waals surface area (Å²) in [5.41, 5.74) is 3.84. The van der Waals surface area contributed by atoms with Crippen molar-refractivity contribution >= 4 is 10.9 Å². The Bertz CT molecular complexity index is 1290. The van der Waals surface area contributed by atoms with Gasteiger partial charge < -0.3 is 0 Å². The van der Waals surface area contributed by atoms with Gasteiger partial charge >= 0.3 is 0 Å². The van der Waals surface area contributed by atoms with Crippen molar-refractivity contribution in [3.8, 4) is 11.6 Å². The number of aromatic nitrogens is 5. The highest BCUT2D eigenvalue weighted by Crippen LogP contribution is 2.17. The van der Waals surface area contributed by atoms with Crippen molar-refractivity contribution in [3.63, 3.8) is 0 Å². The van der Waals surface area contributed by atoms with Crippen LogP contribution >= 0.6 is 0 Å². The molecule has 7 heteroatoms. The minimum Gasteiger partial charge on any atom is -0.287 e. The van der Waals surface area contributed by atoms with Crippen LogP contribution in [0.3, 0.4) is 0 Å². The number of aromatic amines is 1. The molecule has 0 atom stereocenters. The molecular formula is C20H19N5O2. The second kappa shape index (κ2) is 6.05. The molecule has 1 aromatic carbocycles. The highest BCUT2D eigenvalue weighted by Gasteiger charge is 2.17. The molecule has 3 heterocycles. The third-order valence-corrected chi connectivity index (χ3v) is 4.53. The van der Waals surface area contributed by atoms with Crippen molar-refractivity contribution in [1.82, 2.24) is 24.3 Å². The fraction of sp³-hybridized carbons (Fsp3) is 0.200. The zero-order chi connectivity index (χ0) is 19.3. The van der Waals surface area contributed by atoms with Crippen molar-refractivity contribution < 1.29 is 0 Å². The number of aryl methyl sites for hydroxylation is 4. The summed E-state index contributed by atoms with van der Waals surface area (Å²) in [7, 11) is 0. The molecule has 0 aliphatic rings. The van der Waals surface area contributed by atoms with Crippen LogP contribution in [0.25, 0.3) is 22.5 Å². The average molecular weight is 361 g/mol. The predicted octanol–water partition coefficient (Wildman–Crippen LogP) is 2.49. The van der Waals surface area contributed by atoms with Crippen LogP contribution in [0.2, 0.25) is 0 Å². The van der Waals surface area contributed by atoms with Gasteiger partial charge in [-0.2, -0.15) is 4.68 Å². The molecule has 1 N–H and O–H groups in total. The van der Waals surface area contributed by atoms with Crippen molar-refractivity contribution in [3.05, 3.63) is 79.8 Å². The number of H-pyrrole nitrogens is 1. The van der Waals surface area contributed by atoms with Gasteiger partial charge in [0, 0.05) is 28.8 Å². The van der Waals surface area contributed by atoms with Gasteiger partial charge in [-0.05, 0) is 51.5 Å². The second-order valence-corrected chi connectivity index (χ2v) is 6.73. The lowest BCUT2D eigenvalue weighted by Crippen LogP contribution is -2.22. The van der Waals surface area contributed by atoms with E-state index in [0.717, 1.165) is 22.6 Å². The van der Waals surface area contributed by atoms with E-state index in [4.69, 9.17) is 0 Å². The molecule has 0 fully saturated rings. The van der Waals surface area contributed by atoms with E-state index in [1.165, 1.54) is 10.7 Å². The summed E-state index contributed by atoms with van der Waals surface area (Å²) >= 11 is 0. The van der Waals surface area contributed by atoms with Gasteiger partial charge in [-0.3, -0.25) is 19.3 Å². The van der Waals surface area contributed by atoms with Crippen LogP contribution in [0.15, 0.2) is 46.0 Å². The van der Waals surface area contributed by atoms with E-state index in [9.17, 15) is 9.59 Å². The van der Waals surface area contributed by atoms with E-state index < -0.39 is 0 Å². The number of nitrogens with zero attached hydrogens (tertiary/aromatic N) is 4. The quantitative estimate of drug-likeness (QED) is 0.594. The molecule has 0 saturated carbocycles. The first kappa shape index (κ1) is 17.0. The van der Waals surface area contributed by atoms with Crippen LogP contribution in [0, 0.1) is 27.7 Å². The zero-order valence-corrected chi connectivity index (χ0v) is 15.6. The minimum atomic E-state index is -0.283. The Hall–Kier alpha value is -3.48. The van der Waals surface area contributed by atoms with Crippen LogP contribution in [0.1, 0.15) is 22.6 Å². The van der Waals surface area contributed by atoms with E-state index in [1.54, 1.807) is 11.5 Å². The Kier molecular flexibility index (Phi) is 3.80. The summed E-state index contributed by atoms with van der Waals surface area (Å²) in [5, 5.41) is 3.42. The fourth-order valence-corrected chi connectivity index (χ4v) is 3.41. The van der Waals surface area contributed by atoms with Crippen molar-refractivity contribution in [1.29, 1.82) is 0 Å². The van der Waals surface area contributed by atoms with E-state index >= 15 is 0 Å². The molecule has 4 aromatic rings. The average Bonchev–Trinajstić information content (AvgIpc) is 2.90. The lowest BCUT2D eigenvalue weighted by Gasteiger charge is -2.10. The molecule has 136 valence electrons. The third kappa shape index (κ3) is 2.77. The first-order chi connectivity index (χ1) is 12.8. The molecule has 0 spiro atoms. The first-order valence-corrected chi connectivity index (χ1v) is 8.62. The maximum Gasteiger partial charge on any atom is 0.283 e. The summed E-state index contributed by atoms with van der Waals surface area (Å²) in [5.74, 6) is 0.266. The van der Waals surface area contributed by atoms with Gasteiger partial charge in [0.15, 0.2) is 0 Å². The number of hydrogen-bond donors (Lipinski definition) is 1. The molecule has 0 radical (unpaired) electrons. The van der Waals surface area contributed by atoms with Crippen molar-refractivity contribution in [2.75, 3.05) is 0 Å². The maximum absolute atomic E-state index is 13.1. The maximum atomic E-state index is 13.1. The third-order valence-electron chi connectivity index (χ3n) is 4.53. The van der Waals surface area contributed by atoms with Crippen LogP contribution in [0.5, 0.6) is 0 Å². The molecule has 0 saturated heterocycles. The lowest BCUT2D eigenvalue weighted by atomic mass is 10.2. The molecular weight excluding hydrogens is 342 g/mol. The summed E-state index contributed by atoms with van der Waals surface area (Å²) in [6.07, 6.45) is 0. The van der Waals surface area contributed by atoms with E-state index in [1.807, 2.05) is 51.1 Å². The normalized spacial score (nSPS) is 11.3. The SMILES string of the molecule is Cc1cccc(-n2c(C)c3c(=O)n(-c4nc(C)cc(C)n4)[nH]c3cc2=O)c1. The Morgan fingerprint density at radius 3 is 2.30 bits per heavy atom. The van der Waals surface area contributed by atoms with Crippen LogP contribution in [-0.4, -0.2) is 24.3 Å². The summed E-state index contributed by atoms with van der Waals surface area (Å²) in [6, 6.07) is 10.9. The monoisotopic (exact) mass is 361 g/mol. The molecule has 0 amide bonds. The van der Waals surface area contributed by atoms with Gasteiger partial charge in [0.1, 0.15) is 0 Å². The van der Waals surface area contributed by atoms with Gasteiger partial charge in [0.05, 0.1) is 10.9 Å². The Morgan fingerprint density at radius 1 is 0.926 bits per heavy atom.